The quantitative estimate of drug-likeness (QED) is 0.940. The Hall–Kier alpha value is -2.01. The molecule has 0 radical (unpaired) electrons. The third-order valence-electron chi connectivity index (χ3n) is 4.37. The molecule has 1 aromatic heterocycles. The summed E-state index contributed by atoms with van der Waals surface area (Å²) in [6, 6.07) is 6.53. The zero-order valence-electron chi connectivity index (χ0n) is 12.1. The number of hydrogen-bond acceptors (Lipinski definition) is 4. The average molecular weight is 285 g/mol. The Morgan fingerprint density at radius 1 is 1.33 bits per heavy atom. The Morgan fingerprint density at radius 2 is 2.24 bits per heavy atom. The normalized spacial score (nSPS) is 19.6. The van der Waals surface area contributed by atoms with E-state index in [4.69, 9.17) is 9.47 Å². The zero-order valence-corrected chi connectivity index (χ0v) is 12.1. The topological polar surface area (TPSA) is 48.3 Å². The van der Waals surface area contributed by atoms with E-state index < -0.39 is 0 Å². The maximum Gasteiger partial charge on any atom is 0.231 e. The highest BCUT2D eigenvalue weighted by Crippen LogP contribution is 2.33. The molecule has 0 spiro atoms. The van der Waals surface area contributed by atoms with Crippen LogP contribution >= 0.6 is 0 Å². The maximum atomic E-state index is 5.43. The molecule has 21 heavy (non-hydrogen) atoms. The number of nitrogens with zero attached hydrogens (tertiary/aromatic N) is 2. The molecule has 0 fully saturated rings. The van der Waals surface area contributed by atoms with Crippen molar-refractivity contribution in [1.29, 1.82) is 0 Å². The average Bonchev–Trinajstić information content (AvgIpc) is 3.12. The van der Waals surface area contributed by atoms with Crippen LogP contribution in [0.15, 0.2) is 24.4 Å². The first kappa shape index (κ1) is 12.7. The zero-order chi connectivity index (χ0) is 14.2. The summed E-state index contributed by atoms with van der Waals surface area (Å²) in [7, 11) is 2.03. The lowest BCUT2D eigenvalue weighted by molar-refractivity contribution is 0.174. The minimum atomic E-state index is 0.327. The summed E-state index contributed by atoms with van der Waals surface area (Å²) < 4.78 is 12.8. The van der Waals surface area contributed by atoms with Crippen LogP contribution in [0, 0.1) is 0 Å². The number of fused-ring (bicyclic) bond motifs is 2. The van der Waals surface area contributed by atoms with Crippen molar-refractivity contribution in [1.82, 2.24) is 15.1 Å². The fourth-order valence-electron chi connectivity index (χ4n) is 3.21. The third-order valence-corrected chi connectivity index (χ3v) is 4.37. The summed E-state index contributed by atoms with van der Waals surface area (Å²) >= 11 is 0. The van der Waals surface area contributed by atoms with Crippen molar-refractivity contribution in [3.8, 4) is 11.5 Å². The van der Waals surface area contributed by atoms with Crippen LogP contribution in [0.5, 0.6) is 11.5 Å². The van der Waals surface area contributed by atoms with Crippen molar-refractivity contribution < 1.29 is 9.47 Å². The molecule has 0 saturated carbocycles. The molecule has 1 aliphatic heterocycles. The molecule has 4 rings (SSSR count). The largest absolute Gasteiger partial charge is 0.454 e. The van der Waals surface area contributed by atoms with Crippen LogP contribution in [-0.4, -0.2) is 16.6 Å². The lowest BCUT2D eigenvalue weighted by atomic mass is 9.93. The second-order valence-corrected chi connectivity index (χ2v) is 5.68. The molecule has 0 bridgehead atoms. The molecule has 5 heteroatoms. The van der Waals surface area contributed by atoms with E-state index in [9.17, 15) is 0 Å². The molecule has 1 aromatic carbocycles. The van der Waals surface area contributed by atoms with E-state index in [1.54, 1.807) is 0 Å². The molecule has 1 atom stereocenters. The van der Waals surface area contributed by atoms with Gasteiger partial charge in [-0.3, -0.25) is 4.68 Å². The van der Waals surface area contributed by atoms with Gasteiger partial charge in [0.2, 0.25) is 6.79 Å². The Morgan fingerprint density at radius 3 is 3.19 bits per heavy atom. The molecule has 2 heterocycles. The van der Waals surface area contributed by atoms with E-state index in [1.807, 2.05) is 24.0 Å². The highest BCUT2D eigenvalue weighted by Gasteiger charge is 2.23. The fraction of sp³-hybridized carbons (Fsp3) is 0.438. The van der Waals surface area contributed by atoms with Crippen molar-refractivity contribution in [2.24, 2.45) is 7.05 Å². The van der Waals surface area contributed by atoms with Gasteiger partial charge in [-0.05, 0) is 37.0 Å². The number of hydrogen-bond donors (Lipinski definition) is 1. The molecule has 5 nitrogen and oxygen atoms in total. The number of ether oxygens (including phenoxy) is 2. The number of benzene rings is 1. The van der Waals surface area contributed by atoms with Gasteiger partial charge < -0.3 is 14.8 Å². The molecule has 1 aliphatic carbocycles. The second kappa shape index (κ2) is 5.07. The summed E-state index contributed by atoms with van der Waals surface area (Å²) in [6.07, 6.45) is 5.52. The predicted molar refractivity (Wildman–Crippen MR) is 78.3 cm³/mol. The lowest BCUT2D eigenvalue weighted by Gasteiger charge is -2.24. The minimum absolute atomic E-state index is 0.327. The van der Waals surface area contributed by atoms with Gasteiger partial charge in [-0.2, -0.15) is 5.10 Å². The van der Waals surface area contributed by atoms with Crippen molar-refractivity contribution in [2.45, 2.75) is 31.8 Å². The standard InChI is InChI=1S/C16H19N3O2/c1-19-14-4-2-3-13(12(14)9-18-19)17-8-11-5-6-15-16(7-11)21-10-20-15/h5-7,9,13,17H,2-4,8,10H2,1H3. The summed E-state index contributed by atoms with van der Waals surface area (Å²) in [5, 5.41) is 8.04. The van der Waals surface area contributed by atoms with Gasteiger partial charge in [-0.1, -0.05) is 6.07 Å². The predicted octanol–water partition coefficient (Wildman–Crippen LogP) is 2.32. The highest BCUT2D eigenvalue weighted by atomic mass is 16.7. The first-order chi connectivity index (χ1) is 10.3. The monoisotopic (exact) mass is 285 g/mol. The Kier molecular flexibility index (Phi) is 3.07. The van der Waals surface area contributed by atoms with Gasteiger partial charge in [0.25, 0.3) is 0 Å². The smallest absolute Gasteiger partial charge is 0.231 e. The third kappa shape index (κ3) is 2.27. The molecule has 2 aliphatic rings. The minimum Gasteiger partial charge on any atom is -0.454 e. The first-order valence-electron chi connectivity index (χ1n) is 7.44. The van der Waals surface area contributed by atoms with E-state index in [0.717, 1.165) is 24.5 Å². The first-order valence-corrected chi connectivity index (χ1v) is 7.44. The molecular formula is C16H19N3O2. The van der Waals surface area contributed by atoms with Crippen molar-refractivity contribution in [3.63, 3.8) is 0 Å². The lowest BCUT2D eigenvalue weighted by Crippen LogP contribution is -2.24. The van der Waals surface area contributed by atoms with Crippen LogP contribution in [0.2, 0.25) is 0 Å². The van der Waals surface area contributed by atoms with Crippen molar-refractivity contribution in [2.75, 3.05) is 6.79 Å². The molecule has 1 N–H and O–H groups in total. The van der Waals surface area contributed by atoms with Crippen LogP contribution in [0.4, 0.5) is 0 Å². The van der Waals surface area contributed by atoms with Gasteiger partial charge in [0.1, 0.15) is 0 Å². The van der Waals surface area contributed by atoms with Gasteiger partial charge in [-0.15, -0.1) is 0 Å². The SMILES string of the molecule is Cn1ncc2c1CCCC2NCc1ccc2c(c1)OCO2. The summed E-state index contributed by atoms with van der Waals surface area (Å²) in [5.41, 5.74) is 3.93. The van der Waals surface area contributed by atoms with Gasteiger partial charge in [0.05, 0.1) is 6.20 Å². The van der Waals surface area contributed by atoms with Gasteiger partial charge in [-0.25, -0.2) is 0 Å². The Bertz CT molecular complexity index is 666. The van der Waals surface area contributed by atoms with E-state index in [0.29, 0.717) is 12.8 Å². The van der Waals surface area contributed by atoms with Crippen LogP contribution < -0.4 is 14.8 Å². The number of aromatic nitrogens is 2. The maximum absolute atomic E-state index is 5.43. The van der Waals surface area contributed by atoms with Crippen LogP contribution in [-0.2, 0) is 20.0 Å². The van der Waals surface area contributed by atoms with Gasteiger partial charge in [0.15, 0.2) is 11.5 Å². The molecular weight excluding hydrogens is 266 g/mol. The summed E-state index contributed by atoms with van der Waals surface area (Å²) in [6.45, 7) is 1.16. The molecule has 2 aromatic rings. The molecule has 0 saturated heterocycles. The van der Waals surface area contributed by atoms with Crippen LogP contribution in [0.25, 0.3) is 0 Å². The Balaban J connectivity index is 1.48. The second-order valence-electron chi connectivity index (χ2n) is 5.68. The van der Waals surface area contributed by atoms with E-state index in [-0.39, 0.29) is 0 Å². The van der Waals surface area contributed by atoms with Crippen LogP contribution in [0.3, 0.4) is 0 Å². The summed E-state index contributed by atoms with van der Waals surface area (Å²) in [4.78, 5) is 0. The number of rotatable bonds is 3. The number of nitrogens with one attached hydrogen (secondary N) is 1. The van der Waals surface area contributed by atoms with Crippen molar-refractivity contribution in [3.05, 3.63) is 41.2 Å². The molecule has 0 amide bonds. The van der Waals surface area contributed by atoms with E-state index in [1.165, 1.54) is 29.7 Å². The van der Waals surface area contributed by atoms with Crippen molar-refractivity contribution >= 4 is 0 Å². The highest BCUT2D eigenvalue weighted by molar-refractivity contribution is 5.44. The van der Waals surface area contributed by atoms with Gasteiger partial charge in [0, 0.05) is 30.9 Å². The Labute approximate surface area is 123 Å². The van der Waals surface area contributed by atoms with Gasteiger partial charge >= 0.3 is 0 Å². The van der Waals surface area contributed by atoms with E-state index in [2.05, 4.69) is 22.5 Å². The number of aryl methyl sites for hydroxylation is 1. The molecule has 110 valence electrons. The fourth-order valence-corrected chi connectivity index (χ4v) is 3.21. The van der Waals surface area contributed by atoms with Crippen LogP contribution in [0.1, 0.15) is 35.7 Å². The van der Waals surface area contributed by atoms with E-state index >= 15 is 0 Å². The molecule has 1 unspecified atom stereocenters. The summed E-state index contributed by atoms with van der Waals surface area (Å²) in [5.74, 6) is 1.69.